The standard InChI is InChI=1S/C24H23FN4O/c1-17-7-13-20(14-8-17)27-23(30)6-2-5-22-28-21-4-3-15-26-24(21)29(22)16-18-9-11-19(25)12-10-18/h3-4,7-15H,2,5-6,16H2,1H3,(H,27,30). The Labute approximate surface area is 174 Å². The van der Waals surface area contributed by atoms with E-state index in [0.717, 1.165) is 33.8 Å². The number of aryl methyl sites for hydroxylation is 2. The third-order valence-corrected chi connectivity index (χ3v) is 4.98. The summed E-state index contributed by atoms with van der Waals surface area (Å²) in [6, 6.07) is 18.0. The van der Waals surface area contributed by atoms with Crippen LogP contribution in [0.15, 0.2) is 66.9 Å². The van der Waals surface area contributed by atoms with Gasteiger partial charge in [-0.2, -0.15) is 0 Å². The number of hydrogen-bond acceptors (Lipinski definition) is 3. The van der Waals surface area contributed by atoms with Gasteiger partial charge < -0.3 is 9.88 Å². The molecule has 0 bridgehead atoms. The number of pyridine rings is 1. The van der Waals surface area contributed by atoms with Crippen molar-refractivity contribution in [3.05, 3.63) is 89.6 Å². The molecule has 4 aromatic rings. The fraction of sp³-hybridized carbons (Fsp3) is 0.208. The summed E-state index contributed by atoms with van der Waals surface area (Å²) >= 11 is 0. The molecule has 0 radical (unpaired) electrons. The summed E-state index contributed by atoms with van der Waals surface area (Å²) in [4.78, 5) is 21.5. The van der Waals surface area contributed by atoms with E-state index in [-0.39, 0.29) is 11.7 Å². The van der Waals surface area contributed by atoms with Crippen LogP contribution in [0, 0.1) is 12.7 Å². The first kappa shape index (κ1) is 19.8. The Hall–Kier alpha value is -3.54. The van der Waals surface area contributed by atoms with Crippen molar-refractivity contribution in [2.45, 2.75) is 32.7 Å². The number of anilines is 1. The summed E-state index contributed by atoms with van der Waals surface area (Å²) in [5.74, 6) is 0.599. The van der Waals surface area contributed by atoms with Crippen molar-refractivity contribution in [1.29, 1.82) is 0 Å². The van der Waals surface area contributed by atoms with Gasteiger partial charge in [0.15, 0.2) is 5.65 Å². The highest BCUT2D eigenvalue weighted by molar-refractivity contribution is 5.90. The smallest absolute Gasteiger partial charge is 0.224 e. The van der Waals surface area contributed by atoms with Gasteiger partial charge in [0.1, 0.15) is 17.2 Å². The number of nitrogens with one attached hydrogen (secondary N) is 1. The first-order valence-corrected chi connectivity index (χ1v) is 9.99. The van der Waals surface area contributed by atoms with E-state index in [2.05, 4.69) is 10.3 Å². The molecule has 6 heteroatoms. The second-order valence-electron chi connectivity index (χ2n) is 7.35. The van der Waals surface area contributed by atoms with Gasteiger partial charge in [0.2, 0.25) is 5.91 Å². The quantitative estimate of drug-likeness (QED) is 0.479. The maximum absolute atomic E-state index is 13.2. The molecular weight excluding hydrogens is 379 g/mol. The van der Waals surface area contributed by atoms with E-state index in [0.29, 0.717) is 25.8 Å². The maximum Gasteiger partial charge on any atom is 0.224 e. The molecule has 0 saturated carbocycles. The van der Waals surface area contributed by atoms with Gasteiger partial charge in [0.25, 0.3) is 0 Å². The topological polar surface area (TPSA) is 59.8 Å². The third kappa shape index (κ3) is 4.71. The van der Waals surface area contributed by atoms with Crippen LogP contribution in [0.1, 0.15) is 29.8 Å². The van der Waals surface area contributed by atoms with E-state index in [1.165, 1.54) is 12.1 Å². The Bertz CT molecular complexity index is 1150. The Morgan fingerprint density at radius 2 is 1.83 bits per heavy atom. The molecule has 5 nitrogen and oxygen atoms in total. The zero-order valence-electron chi connectivity index (χ0n) is 16.8. The molecule has 152 valence electrons. The van der Waals surface area contributed by atoms with Crippen LogP contribution in [0.3, 0.4) is 0 Å². The van der Waals surface area contributed by atoms with Crippen LogP contribution < -0.4 is 5.32 Å². The summed E-state index contributed by atoms with van der Waals surface area (Å²) in [7, 11) is 0. The van der Waals surface area contributed by atoms with Gasteiger partial charge in [0.05, 0.1) is 6.54 Å². The first-order valence-electron chi connectivity index (χ1n) is 9.99. The van der Waals surface area contributed by atoms with Crippen LogP contribution in [-0.2, 0) is 17.8 Å². The van der Waals surface area contributed by atoms with Crippen LogP contribution >= 0.6 is 0 Å². The van der Waals surface area contributed by atoms with Crippen molar-refractivity contribution in [1.82, 2.24) is 14.5 Å². The predicted molar refractivity (Wildman–Crippen MR) is 116 cm³/mol. The van der Waals surface area contributed by atoms with Gasteiger partial charge in [0, 0.05) is 24.7 Å². The number of hydrogen-bond donors (Lipinski definition) is 1. The number of imidazole rings is 1. The number of carbonyl (C=O) groups is 1. The molecule has 0 saturated heterocycles. The molecule has 0 atom stereocenters. The minimum Gasteiger partial charge on any atom is -0.326 e. The van der Waals surface area contributed by atoms with Crippen molar-refractivity contribution >= 4 is 22.8 Å². The number of nitrogens with zero attached hydrogens (tertiary/aromatic N) is 3. The van der Waals surface area contributed by atoms with Crippen molar-refractivity contribution in [3.8, 4) is 0 Å². The first-order chi connectivity index (χ1) is 14.6. The monoisotopic (exact) mass is 402 g/mol. The summed E-state index contributed by atoms with van der Waals surface area (Å²) < 4.78 is 15.3. The average Bonchev–Trinajstić information content (AvgIpc) is 3.09. The van der Waals surface area contributed by atoms with Gasteiger partial charge in [-0.15, -0.1) is 0 Å². The summed E-state index contributed by atoms with van der Waals surface area (Å²) in [6.07, 6.45) is 3.47. The van der Waals surface area contributed by atoms with Gasteiger partial charge in [-0.25, -0.2) is 14.4 Å². The number of carbonyl (C=O) groups excluding carboxylic acids is 1. The Kier molecular flexibility index (Phi) is 5.84. The number of benzene rings is 2. The summed E-state index contributed by atoms with van der Waals surface area (Å²) in [5.41, 5.74) is 4.54. The molecule has 1 N–H and O–H groups in total. The zero-order chi connectivity index (χ0) is 20.9. The highest BCUT2D eigenvalue weighted by Gasteiger charge is 2.13. The molecule has 2 heterocycles. The fourth-order valence-corrected chi connectivity index (χ4v) is 3.40. The molecule has 0 aliphatic rings. The largest absolute Gasteiger partial charge is 0.326 e. The molecule has 2 aromatic carbocycles. The lowest BCUT2D eigenvalue weighted by atomic mass is 10.2. The second-order valence-corrected chi connectivity index (χ2v) is 7.35. The van der Waals surface area contributed by atoms with E-state index in [1.54, 1.807) is 18.3 Å². The normalized spacial score (nSPS) is 11.0. The molecule has 0 spiro atoms. The lowest BCUT2D eigenvalue weighted by molar-refractivity contribution is -0.116. The fourth-order valence-electron chi connectivity index (χ4n) is 3.40. The molecule has 0 aliphatic carbocycles. The number of halogens is 1. The number of fused-ring (bicyclic) bond motifs is 1. The minimum absolute atomic E-state index is 0.0156. The van der Waals surface area contributed by atoms with Crippen molar-refractivity contribution in [2.75, 3.05) is 5.32 Å². The van der Waals surface area contributed by atoms with Gasteiger partial charge in [-0.3, -0.25) is 4.79 Å². The van der Waals surface area contributed by atoms with Crippen molar-refractivity contribution in [2.24, 2.45) is 0 Å². The SMILES string of the molecule is Cc1ccc(NC(=O)CCCc2nc3cccnc3n2Cc2ccc(F)cc2)cc1. The highest BCUT2D eigenvalue weighted by Crippen LogP contribution is 2.18. The summed E-state index contributed by atoms with van der Waals surface area (Å²) in [5, 5.41) is 2.93. The average molecular weight is 402 g/mol. The molecule has 1 amide bonds. The minimum atomic E-state index is -0.257. The summed E-state index contributed by atoms with van der Waals surface area (Å²) in [6.45, 7) is 2.57. The molecule has 0 fully saturated rings. The van der Waals surface area contributed by atoms with Crippen LogP contribution in [-0.4, -0.2) is 20.4 Å². The Balaban J connectivity index is 1.44. The number of amides is 1. The van der Waals surface area contributed by atoms with Crippen molar-refractivity contribution in [3.63, 3.8) is 0 Å². The van der Waals surface area contributed by atoms with E-state index in [4.69, 9.17) is 4.98 Å². The van der Waals surface area contributed by atoms with Crippen LogP contribution in [0.4, 0.5) is 10.1 Å². The number of aromatic nitrogens is 3. The second kappa shape index (κ2) is 8.86. The van der Waals surface area contributed by atoms with Crippen molar-refractivity contribution < 1.29 is 9.18 Å². The van der Waals surface area contributed by atoms with E-state index < -0.39 is 0 Å². The molecule has 30 heavy (non-hydrogen) atoms. The maximum atomic E-state index is 13.2. The lowest BCUT2D eigenvalue weighted by Gasteiger charge is -2.09. The van der Waals surface area contributed by atoms with Crippen LogP contribution in [0.5, 0.6) is 0 Å². The van der Waals surface area contributed by atoms with Crippen LogP contribution in [0.2, 0.25) is 0 Å². The zero-order valence-corrected chi connectivity index (χ0v) is 16.8. The van der Waals surface area contributed by atoms with E-state index >= 15 is 0 Å². The van der Waals surface area contributed by atoms with Gasteiger partial charge in [-0.1, -0.05) is 29.8 Å². The van der Waals surface area contributed by atoms with E-state index in [9.17, 15) is 9.18 Å². The predicted octanol–water partition coefficient (Wildman–Crippen LogP) is 4.89. The highest BCUT2D eigenvalue weighted by atomic mass is 19.1. The molecule has 4 rings (SSSR count). The lowest BCUT2D eigenvalue weighted by Crippen LogP contribution is -2.12. The van der Waals surface area contributed by atoms with E-state index in [1.807, 2.05) is 47.9 Å². The molecule has 0 unspecified atom stereocenters. The Morgan fingerprint density at radius 3 is 2.60 bits per heavy atom. The van der Waals surface area contributed by atoms with Gasteiger partial charge >= 0.3 is 0 Å². The Morgan fingerprint density at radius 1 is 1.07 bits per heavy atom. The molecule has 0 aliphatic heterocycles. The third-order valence-electron chi connectivity index (χ3n) is 4.98. The molecule has 2 aromatic heterocycles. The van der Waals surface area contributed by atoms with Crippen LogP contribution in [0.25, 0.3) is 11.2 Å². The molecular formula is C24H23FN4O. The number of rotatable bonds is 7. The van der Waals surface area contributed by atoms with Gasteiger partial charge in [-0.05, 0) is 55.3 Å².